The minimum absolute atomic E-state index is 0.111. The molecule has 0 fully saturated rings. The van der Waals surface area contributed by atoms with E-state index in [-0.39, 0.29) is 6.61 Å². The van der Waals surface area contributed by atoms with Crippen LogP contribution in [0.1, 0.15) is 47.6 Å². The highest BCUT2D eigenvalue weighted by atomic mass is 16.3. The van der Waals surface area contributed by atoms with E-state index in [9.17, 15) is 5.11 Å². The van der Waals surface area contributed by atoms with Crippen molar-refractivity contribution in [3.8, 4) is 0 Å². The van der Waals surface area contributed by atoms with E-state index in [1.807, 2.05) is 12.1 Å². The summed E-state index contributed by atoms with van der Waals surface area (Å²) >= 11 is 0. The Bertz CT molecular complexity index is 594. The standard InChI is InChI=1S/C19H23NO/c21-14-16-7-5-6-15(12-16)13-20-19-11-4-2-9-17-8-1-3-10-18(17)19/h1,3,5-8,10,12,19-21H,2,4,9,11,13-14H2. The highest BCUT2D eigenvalue weighted by molar-refractivity contribution is 5.31. The van der Waals surface area contributed by atoms with Crippen LogP contribution in [0.25, 0.3) is 0 Å². The minimum Gasteiger partial charge on any atom is -0.392 e. The first-order chi connectivity index (χ1) is 10.4. The molecule has 0 amide bonds. The van der Waals surface area contributed by atoms with Crippen molar-refractivity contribution in [1.29, 1.82) is 0 Å². The molecule has 2 heteroatoms. The Labute approximate surface area is 126 Å². The van der Waals surface area contributed by atoms with Gasteiger partial charge in [0.1, 0.15) is 0 Å². The van der Waals surface area contributed by atoms with Gasteiger partial charge in [-0.15, -0.1) is 0 Å². The Kier molecular flexibility index (Phi) is 4.69. The molecular formula is C19H23NO. The third kappa shape index (κ3) is 3.52. The quantitative estimate of drug-likeness (QED) is 0.837. The van der Waals surface area contributed by atoms with Gasteiger partial charge < -0.3 is 10.4 Å². The second-order valence-electron chi connectivity index (χ2n) is 5.86. The molecule has 0 heterocycles. The number of aryl methyl sites for hydroxylation is 1. The molecular weight excluding hydrogens is 258 g/mol. The van der Waals surface area contributed by atoms with E-state index in [2.05, 4.69) is 41.7 Å². The molecule has 110 valence electrons. The lowest BCUT2D eigenvalue weighted by atomic mass is 9.99. The van der Waals surface area contributed by atoms with Crippen LogP contribution in [-0.4, -0.2) is 5.11 Å². The normalized spacial score (nSPS) is 18.0. The van der Waals surface area contributed by atoms with Crippen LogP contribution < -0.4 is 5.32 Å². The molecule has 0 radical (unpaired) electrons. The first kappa shape index (κ1) is 14.3. The molecule has 2 nitrogen and oxygen atoms in total. The molecule has 1 unspecified atom stereocenters. The fourth-order valence-electron chi connectivity index (χ4n) is 3.21. The van der Waals surface area contributed by atoms with E-state index in [0.717, 1.165) is 12.1 Å². The summed E-state index contributed by atoms with van der Waals surface area (Å²) in [5, 5.41) is 12.9. The molecule has 0 aromatic heterocycles. The zero-order chi connectivity index (χ0) is 14.5. The highest BCUT2D eigenvalue weighted by Crippen LogP contribution is 2.28. The summed E-state index contributed by atoms with van der Waals surface area (Å²) in [4.78, 5) is 0. The van der Waals surface area contributed by atoms with Gasteiger partial charge in [-0.05, 0) is 41.5 Å². The van der Waals surface area contributed by atoms with Gasteiger partial charge in [0.05, 0.1) is 6.61 Å². The number of aliphatic hydroxyl groups excluding tert-OH is 1. The number of hydrogen-bond acceptors (Lipinski definition) is 2. The van der Waals surface area contributed by atoms with Crippen LogP contribution in [0.5, 0.6) is 0 Å². The molecule has 1 aliphatic rings. The van der Waals surface area contributed by atoms with Crippen LogP contribution in [0.2, 0.25) is 0 Å². The summed E-state index contributed by atoms with van der Waals surface area (Å²) in [5.41, 5.74) is 5.18. The highest BCUT2D eigenvalue weighted by Gasteiger charge is 2.17. The molecule has 1 atom stereocenters. The Morgan fingerprint density at radius 3 is 2.76 bits per heavy atom. The van der Waals surface area contributed by atoms with Gasteiger partial charge in [-0.2, -0.15) is 0 Å². The number of fused-ring (bicyclic) bond motifs is 1. The molecule has 0 spiro atoms. The SMILES string of the molecule is OCc1cccc(CNC2CCCCc3ccccc32)c1. The average Bonchev–Trinajstić information content (AvgIpc) is 2.75. The van der Waals surface area contributed by atoms with Gasteiger partial charge in [0.15, 0.2) is 0 Å². The molecule has 2 aromatic carbocycles. The zero-order valence-corrected chi connectivity index (χ0v) is 12.4. The van der Waals surface area contributed by atoms with Crippen LogP contribution in [0.3, 0.4) is 0 Å². The lowest BCUT2D eigenvalue weighted by Crippen LogP contribution is -2.21. The summed E-state index contributed by atoms with van der Waals surface area (Å²) in [7, 11) is 0. The number of benzene rings is 2. The summed E-state index contributed by atoms with van der Waals surface area (Å²) in [6.07, 6.45) is 4.98. The van der Waals surface area contributed by atoms with Crippen molar-refractivity contribution in [3.05, 3.63) is 70.8 Å². The third-order valence-corrected chi connectivity index (χ3v) is 4.35. The van der Waals surface area contributed by atoms with Crippen molar-refractivity contribution in [2.45, 2.75) is 44.9 Å². The predicted molar refractivity (Wildman–Crippen MR) is 85.9 cm³/mol. The summed E-state index contributed by atoms with van der Waals surface area (Å²) in [5.74, 6) is 0. The summed E-state index contributed by atoms with van der Waals surface area (Å²) in [6.45, 7) is 0.965. The maximum Gasteiger partial charge on any atom is 0.0681 e. The maximum atomic E-state index is 9.23. The molecule has 21 heavy (non-hydrogen) atoms. The lowest BCUT2D eigenvalue weighted by Gasteiger charge is -2.19. The van der Waals surface area contributed by atoms with Crippen LogP contribution in [-0.2, 0) is 19.6 Å². The van der Waals surface area contributed by atoms with Crippen LogP contribution in [0, 0.1) is 0 Å². The zero-order valence-electron chi connectivity index (χ0n) is 12.4. The summed E-state index contributed by atoms with van der Waals surface area (Å²) < 4.78 is 0. The minimum atomic E-state index is 0.111. The molecule has 0 bridgehead atoms. The van der Waals surface area contributed by atoms with E-state index >= 15 is 0 Å². The van der Waals surface area contributed by atoms with Gasteiger partial charge in [-0.1, -0.05) is 55.0 Å². The number of nitrogens with one attached hydrogen (secondary N) is 1. The maximum absolute atomic E-state index is 9.23. The van der Waals surface area contributed by atoms with Crippen molar-refractivity contribution in [1.82, 2.24) is 5.32 Å². The molecule has 3 rings (SSSR count). The Balaban J connectivity index is 1.72. The number of aliphatic hydroxyl groups is 1. The van der Waals surface area contributed by atoms with Gasteiger partial charge in [0.2, 0.25) is 0 Å². The fourth-order valence-corrected chi connectivity index (χ4v) is 3.21. The molecule has 0 saturated carbocycles. The van der Waals surface area contributed by atoms with Crippen LogP contribution >= 0.6 is 0 Å². The predicted octanol–water partition coefficient (Wildman–Crippen LogP) is 3.74. The molecule has 0 aliphatic heterocycles. The first-order valence-corrected chi connectivity index (χ1v) is 7.86. The lowest BCUT2D eigenvalue weighted by molar-refractivity contribution is 0.281. The first-order valence-electron chi connectivity index (χ1n) is 7.86. The summed E-state index contributed by atoms with van der Waals surface area (Å²) in [6, 6.07) is 17.4. The third-order valence-electron chi connectivity index (χ3n) is 4.35. The van der Waals surface area contributed by atoms with Gasteiger partial charge in [0, 0.05) is 12.6 Å². The Hall–Kier alpha value is -1.64. The van der Waals surface area contributed by atoms with E-state index in [1.165, 1.54) is 42.4 Å². The smallest absolute Gasteiger partial charge is 0.0681 e. The monoisotopic (exact) mass is 281 g/mol. The van der Waals surface area contributed by atoms with Gasteiger partial charge >= 0.3 is 0 Å². The van der Waals surface area contributed by atoms with Crippen molar-refractivity contribution >= 4 is 0 Å². The van der Waals surface area contributed by atoms with Crippen molar-refractivity contribution in [2.75, 3.05) is 0 Å². The second-order valence-corrected chi connectivity index (χ2v) is 5.86. The van der Waals surface area contributed by atoms with Gasteiger partial charge in [0.25, 0.3) is 0 Å². The largest absolute Gasteiger partial charge is 0.392 e. The molecule has 1 aliphatic carbocycles. The van der Waals surface area contributed by atoms with Gasteiger partial charge in [-0.25, -0.2) is 0 Å². The molecule has 2 aromatic rings. The molecule has 2 N–H and O–H groups in total. The van der Waals surface area contributed by atoms with E-state index in [1.54, 1.807) is 0 Å². The Morgan fingerprint density at radius 2 is 1.86 bits per heavy atom. The van der Waals surface area contributed by atoms with Crippen molar-refractivity contribution < 1.29 is 5.11 Å². The van der Waals surface area contributed by atoms with Crippen molar-refractivity contribution in [3.63, 3.8) is 0 Å². The van der Waals surface area contributed by atoms with Crippen LogP contribution in [0.4, 0.5) is 0 Å². The average molecular weight is 281 g/mol. The van der Waals surface area contributed by atoms with E-state index in [0.29, 0.717) is 6.04 Å². The topological polar surface area (TPSA) is 32.3 Å². The van der Waals surface area contributed by atoms with E-state index < -0.39 is 0 Å². The number of rotatable bonds is 4. The Morgan fingerprint density at radius 1 is 1.00 bits per heavy atom. The van der Waals surface area contributed by atoms with Gasteiger partial charge in [-0.3, -0.25) is 0 Å². The second kappa shape index (κ2) is 6.88. The molecule has 0 saturated heterocycles. The fraction of sp³-hybridized carbons (Fsp3) is 0.368. The van der Waals surface area contributed by atoms with E-state index in [4.69, 9.17) is 0 Å². The number of hydrogen-bond donors (Lipinski definition) is 2. The van der Waals surface area contributed by atoms with Crippen molar-refractivity contribution in [2.24, 2.45) is 0 Å². The van der Waals surface area contributed by atoms with Crippen LogP contribution in [0.15, 0.2) is 48.5 Å².